The number of carboxylic acids is 1. The minimum atomic E-state index is -0.909. The fourth-order valence-electron chi connectivity index (χ4n) is 2.29. The third-order valence-corrected chi connectivity index (χ3v) is 4.56. The van der Waals surface area contributed by atoms with Gasteiger partial charge in [-0.15, -0.1) is 17.9 Å². The van der Waals surface area contributed by atoms with Crippen molar-refractivity contribution in [3.05, 3.63) is 65.7 Å². The number of nitrogens with zero attached hydrogens (tertiary/aromatic N) is 1. The number of thiazole rings is 1. The van der Waals surface area contributed by atoms with Crippen LogP contribution < -0.4 is 0 Å². The summed E-state index contributed by atoms with van der Waals surface area (Å²) in [6.45, 7) is 3.74. The minimum absolute atomic E-state index is 0.296. The van der Waals surface area contributed by atoms with E-state index >= 15 is 0 Å². The number of aryl methyl sites for hydroxylation is 1. The average molecular weight is 309 g/mol. The lowest BCUT2D eigenvalue weighted by Gasteiger charge is -2.02. The van der Waals surface area contributed by atoms with Gasteiger partial charge in [0.2, 0.25) is 0 Å². The number of allylic oxidation sites excluding steroid dienone is 1. The first-order valence-electron chi connectivity index (χ1n) is 7.01. The molecule has 2 aromatic carbocycles. The second-order valence-electron chi connectivity index (χ2n) is 5.00. The third-order valence-electron chi connectivity index (χ3n) is 3.46. The van der Waals surface area contributed by atoms with Gasteiger partial charge in [0.1, 0.15) is 0 Å². The van der Waals surface area contributed by atoms with Crippen LogP contribution in [0.15, 0.2) is 55.1 Å². The summed E-state index contributed by atoms with van der Waals surface area (Å²) in [5.41, 5.74) is 3.33. The summed E-state index contributed by atoms with van der Waals surface area (Å²) in [4.78, 5) is 15.6. The Kier molecular flexibility index (Phi) is 4.02. The molecule has 0 radical (unpaired) electrons. The Morgan fingerprint density at radius 3 is 2.59 bits per heavy atom. The van der Waals surface area contributed by atoms with E-state index in [1.54, 1.807) is 23.5 Å². The first-order valence-corrected chi connectivity index (χ1v) is 7.83. The van der Waals surface area contributed by atoms with Gasteiger partial charge in [-0.3, -0.25) is 0 Å². The van der Waals surface area contributed by atoms with Gasteiger partial charge >= 0.3 is 5.97 Å². The highest BCUT2D eigenvalue weighted by molar-refractivity contribution is 7.18. The van der Waals surface area contributed by atoms with Crippen LogP contribution in [0.25, 0.3) is 21.3 Å². The van der Waals surface area contributed by atoms with Crippen LogP contribution in [-0.2, 0) is 6.42 Å². The molecule has 0 bridgehead atoms. The molecule has 0 atom stereocenters. The predicted octanol–water partition coefficient (Wildman–Crippen LogP) is 4.78. The van der Waals surface area contributed by atoms with Crippen LogP contribution in [0.4, 0.5) is 0 Å². The second kappa shape index (κ2) is 6.12. The molecule has 0 amide bonds. The smallest absolute Gasteiger partial charge is 0.335 e. The van der Waals surface area contributed by atoms with E-state index in [9.17, 15) is 4.79 Å². The van der Waals surface area contributed by atoms with Crippen molar-refractivity contribution in [3.8, 4) is 11.1 Å². The fraction of sp³-hybridized carbons (Fsp3) is 0.111. The minimum Gasteiger partial charge on any atom is -0.478 e. The summed E-state index contributed by atoms with van der Waals surface area (Å²) >= 11 is 1.71. The van der Waals surface area contributed by atoms with Crippen LogP contribution in [0.5, 0.6) is 0 Å². The molecule has 0 aliphatic rings. The summed E-state index contributed by atoms with van der Waals surface area (Å²) in [6, 6.07) is 13.1. The van der Waals surface area contributed by atoms with Crippen LogP contribution in [0.1, 0.15) is 21.8 Å². The highest BCUT2D eigenvalue weighted by Gasteiger charge is 2.07. The Bertz CT molecular complexity index is 834. The van der Waals surface area contributed by atoms with Gasteiger partial charge in [-0.05, 0) is 41.8 Å². The first-order chi connectivity index (χ1) is 10.7. The maximum atomic E-state index is 10.9. The average Bonchev–Trinajstić information content (AvgIpc) is 2.94. The zero-order valence-electron chi connectivity index (χ0n) is 12.0. The number of carboxylic acid groups (broad SMARTS) is 1. The number of benzene rings is 2. The molecule has 22 heavy (non-hydrogen) atoms. The van der Waals surface area contributed by atoms with E-state index in [0.29, 0.717) is 5.56 Å². The Labute approximate surface area is 132 Å². The Hall–Kier alpha value is -2.46. The molecule has 0 aliphatic carbocycles. The molecule has 3 aromatic rings. The van der Waals surface area contributed by atoms with Gasteiger partial charge in [0, 0.05) is 6.42 Å². The van der Waals surface area contributed by atoms with E-state index in [1.807, 2.05) is 24.3 Å². The maximum absolute atomic E-state index is 10.9. The molecule has 3 nitrogen and oxygen atoms in total. The monoisotopic (exact) mass is 309 g/mol. The van der Waals surface area contributed by atoms with Gasteiger partial charge in [-0.1, -0.05) is 24.3 Å². The van der Waals surface area contributed by atoms with Crippen molar-refractivity contribution in [2.75, 3.05) is 0 Å². The van der Waals surface area contributed by atoms with Crippen molar-refractivity contribution in [1.82, 2.24) is 4.98 Å². The van der Waals surface area contributed by atoms with Crippen molar-refractivity contribution in [1.29, 1.82) is 0 Å². The van der Waals surface area contributed by atoms with Crippen LogP contribution in [0.2, 0.25) is 0 Å². The Balaban J connectivity index is 1.93. The quantitative estimate of drug-likeness (QED) is 0.690. The summed E-state index contributed by atoms with van der Waals surface area (Å²) in [7, 11) is 0. The van der Waals surface area contributed by atoms with Gasteiger partial charge in [0.25, 0.3) is 0 Å². The third kappa shape index (κ3) is 2.92. The molecular weight excluding hydrogens is 294 g/mol. The molecule has 1 N–H and O–H groups in total. The highest BCUT2D eigenvalue weighted by atomic mass is 32.1. The van der Waals surface area contributed by atoms with Gasteiger partial charge in [-0.2, -0.15) is 0 Å². The molecule has 110 valence electrons. The molecule has 1 aromatic heterocycles. The number of aromatic nitrogens is 1. The molecule has 1 heterocycles. The number of hydrogen-bond donors (Lipinski definition) is 1. The van der Waals surface area contributed by atoms with Crippen LogP contribution >= 0.6 is 11.3 Å². The zero-order valence-corrected chi connectivity index (χ0v) is 12.8. The summed E-state index contributed by atoms with van der Waals surface area (Å²) in [6.07, 6.45) is 3.76. The molecule has 0 spiro atoms. The summed E-state index contributed by atoms with van der Waals surface area (Å²) < 4.78 is 1.17. The van der Waals surface area contributed by atoms with Crippen molar-refractivity contribution in [3.63, 3.8) is 0 Å². The van der Waals surface area contributed by atoms with E-state index in [1.165, 1.54) is 4.70 Å². The molecule has 0 aliphatic heterocycles. The summed E-state index contributed by atoms with van der Waals surface area (Å²) in [5.74, 6) is -0.909. The van der Waals surface area contributed by atoms with Crippen LogP contribution in [-0.4, -0.2) is 16.1 Å². The lowest BCUT2D eigenvalue weighted by Crippen LogP contribution is -1.94. The van der Waals surface area contributed by atoms with E-state index in [2.05, 4.69) is 23.7 Å². The lowest BCUT2D eigenvalue weighted by atomic mass is 10.0. The lowest BCUT2D eigenvalue weighted by molar-refractivity contribution is 0.0697. The predicted molar refractivity (Wildman–Crippen MR) is 90.5 cm³/mol. The van der Waals surface area contributed by atoms with Gasteiger partial charge in [0.05, 0.1) is 20.8 Å². The SMILES string of the molecule is C=CCCc1nc2cc(-c3ccc(C(=O)O)cc3)ccc2s1. The fourth-order valence-corrected chi connectivity index (χ4v) is 3.26. The molecule has 0 saturated carbocycles. The molecule has 0 unspecified atom stereocenters. The number of carbonyl (C=O) groups is 1. The number of aromatic carboxylic acids is 1. The number of fused-ring (bicyclic) bond motifs is 1. The summed E-state index contributed by atoms with van der Waals surface area (Å²) in [5, 5.41) is 10.1. The Morgan fingerprint density at radius 2 is 1.91 bits per heavy atom. The molecule has 0 fully saturated rings. The van der Waals surface area contributed by atoms with Crippen molar-refractivity contribution < 1.29 is 9.90 Å². The maximum Gasteiger partial charge on any atom is 0.335 e. The van der Waals surface area contributed by atoms with Gasteiger partial charge in [-0.25, -0.2) is 9.78 Å². The Morgan fingerprint density at radius 1 is 1.18 bits per heavy atom. The topological polar surface area (TPSA) is 50.2 Å². The highest BCUT2D eigenvalue weighted by Crippen LogP contribution is 2.28. The van der Waals surface area contributed by atoms with E-state index in [-0.39, 0.29) is 0 Å². The zero-order chi connectivity index (χ0) is 15.5. The van der Waals surface area contributed by atoms with Crippen LogP contribution in [0.3, 0.4) is 0 Å². The van der Waals surface area contributed by atoms with Crippen LogP contribution in [0, 0.1) is 0 Å². The van der Waals surface area contributed by atoms with Gasteiger partial charge in [0.15, 0.2) is 0 Å². The molecule has 0 saturated heterocycles. The van der Waals surface area contributed by atoms with E-state index in [4.69, 9.17) is 5.11 Å². The molecular formula is C18H15NO2S. The number of hydrogen-bond acceptors (Lipinski definition) is 3. The normalized spacial score (nSPS) is 10.7. The first kappa shape index (κ1) is 14.5. The van der Waals surface area contributed by atoms with E-state index in [0.717, 1.165) is 34.5 Å². The largest absolute Gasteiger partial charge is 0.478 e. The van der Waals surface area contributed by atoms with Crippen molar-refractivity contribution >= 4 is 27.5 Å². The molecule has 3 rings (SSSR count). The van der Waals surface area contributed by atoms with Crippen molar-refractivity contribution in [2.24, 2.45) is 0 Å². The second-order valence-corrected chi connectivity index (χ2v) is 6.12. The van der Waals surface area contributed by atoms with E-state index < -0.39 is 5.97 Å². The van der Waals surface area contributed by atoms with Gasteiger partial charge < -0.3 is 5.11 Å². The number of rotatable bonds is 5. The molecule has 4 heteroatoms. The van der Waals surface area contributed by atoms with Crippen molar-refractivity contribution in [2.45, 2.75) is 12.8 Å². The standard InChI is InChI=1S/C18H15NO2S/c1-2-3-4-17-19-15-11-14(9-10-16(15)22-17)12-5-7-13(8-6-12)18(20)21/h2,5-11H,1,3-4H2,(H,20,21).